The standard InChI is InChI=1S/C14H13ClN2O3S/c1-21(19,20)14-7-6-12(9-16-14)17-13(18)8-10-2-4-11(15)5-3-10/h2-7,9H,8H2,1H3,(H,17,18). The molecule has 0 fully saturated rings. The molecule has 2 rings (SSSR count). The Hall–Kier alpha value is -1.92. The summed E-state index contributed by atoms with van der Waals surface area (Å²) in [7, 11) is -3.34. The van der Waals surface area contributed by atoms with Crippen molar-refractivity contribution in [3.63, 3.8) is 0 Å². The number of hydrogen-bond acceptors (Lipinski definition) is 4. The molecule has 1 aromatic heterocycles. The molecule has 5 nitrogen and oxygen atoms in total. The van der Waals surface area contributed by atoms with E-state index in [1.54, 1.807) is 24.3 Å². The van der Waals surface area contributed by atoms with E-state index in [1.165, 1.54) is 18.3 Å². The number of pyridine rings is 1. The molecule has 0 spiro atoms. The zero-order valence-corrected chi connectivity index (χ0v) is 12.8. The van der Waals surface area contributed by atoms with Gasteiger partial charge in [0.1, 0.15) is 0 Å². The Labute approximate surface area is 127 Å². The lowest BCUT2D eigenvalue weighted by Crippen LogP contribution is -2.14. The van der Waals surface area contributed by atoms with Gasteiger partial charge in [0.2, 0.25) is 5.91 Å². The van der Waals surface area contributed by atoms with E-state index in [-0.39, 0.29) is 17.4 Å². The van der Waals surface area contributed by atoms with Gasteiger partial charge in [0.25, 0.3) is 0 Å². The average molecular weight is 325 g/mol. The van der Waals surface area contributed by atoms with Gasteiger partial charge in [-0.05, 0) is 29.8 Å². The first-order chi connectivity index (χ1) is 9.84. The van der Waals surface area contributed by atoms with Crippen LogP contribution in [0.3, 0.4) is 0 Å². The minimum atomic E-state index is -3.34. The molecule has 0 aliphatic rings. The van der Waals surface area contributed by atoms with E-state index < -0.39 is 9.84 Å². The Morgan fingerprint density at radius 1 is 1.19 bits per heavy atom. The summed E-state index contributed by atoms with van der Waals surface area (Å²) in [4.78, 5) is 15.7. The third-order valence-electron chi connectivity index (χ3n) is 2.68. The number of aromatic nitrogens is 1. The predicted octanol–water partition coefficient (Wildman–Crippen LogP) is 2.32. The number of carbonyl (C=O) groups is 1. The van der Waals surface area contributed by atoms with Crippen molar-refractivity contribution in [3.05, 3.63) is 53.2 Å². The Bertz CT molecular complexity index is 741. The van der Waals surface area contributed by atoms with E-state index >= 15 is 0 Å². The average Bonchev–Trinajstić information content (AvgIpc) is 2.41. The molecule has 1 heterocycles. The van der Waals surface area contributed by atoms with Gasteiger partial charge in [-0.3, -0.25) is 4.79 Å². The largest absolute Gasteiger partial charge is 0.324 e. The highest BCUT2D eigenvalue weighted by molar-refractivity contribution is 7.90. The molecule has 1 amide bonds. The number of rotatable bonds is 4. The smallest absolute Gasteiger partial charge is 0.228 e. The number of nitrogens with zero attached hydrogens (tertiary/aromatic N) is 1. The monoisotopic (exact) mass is 324 g/mol. The molecule has 0 saturated heterocycles. The fourth-order valence-electron chi connectivity index (χ4n) is 1.67. The Kier molecular flexibility index (Phi) is 4.59. The number of anilines is 1. The Morgan fingerprint density at radius 2 is 1.86 bits per heavy atom. The van der Waals surface area contributed by atoms with Crippen molar-refractivity contribution >= 4 is 33.0 Å². The van der Waals surface area contributed by atoms with Gasteiger partial charge in [-0.2, -0.15) is 0 Å². The molecule has 0 unspecified atom stereocenters. The van der Waals surface area contributed by atoms with Gasteiger partial charge in [0.15, 0.2) is 14.9 Å². The molecule has 0 aliphatic carbocycles. The molecule has 0 bridgehead atoms. The first kappa shape index (κ1) is 15.5. The van der Waals surface area contributed by atoms with Crippen LogP contribution in [0.15, 0.2) is 47.6 Å². The van der Waals surface area contributed by atoms with E-state index in [1.807, 2.05) is 0 Å². The predicted molar refractivity (Wildman–Crippen MR) is 81.1 cm³/mol. The number of sulfone groups is 1. The van der Waals surface area contributed by atoms with Crippen molar-refractivity contribution in [1.29, 1.82) is 0 Å². The van der Waals surface area contributed by atoms with Crippen LogP contribution in [0.25, 0.3) is 0 Å². The van der Waals surface area contributed by atoms with Crippen LogP contribution in [-0.2, 0) is 21.1 Å². The molecule has 0 aliphatic heterocycles. The van der Waals surface area contributed by atoms with E-state index in [4.69, 9.17) is 11.6 Å². The summed E-state index contributed by atoms with van der Waals surface area (Å²) in [5.41, 5.74) is 1.28. The lowest BCUT2D eigenvalue weighted by molar-refractivity contribution is -0.115. The van der Waals surface area contributed by atoms with E-state index in [0.29, 0.717) is 10.7 Å². The van der Waals surface area contributed by atoms with Crippen LogP contribution in [0.4, 0.5) is 5.69 Å². The van der Waals surface area contributed by atoms with Gasteiger partial charge in [0, 0.05) is 11.3 Å². The number of nitrogens with one attached hydrogen (secondary N) is 1. The van der Waals surface area contributed by atoms with Gasteiger partial charge in [-0.15, -0.1) is 0 Å². The topological polar surface area (TPSA) is 76.1 Å². The molecular formula is C14H13ClN2O3S. The lowest BCUT2D eigenvalue weighted by atomic mass is 10.1. The Morgan fingerprint density at radius 3 is 2.38 bits per heavy atom. The minimum absolute atomic E-state index is 0.0294. The summed E-state index contributed by atoms with van der Waals surface area (Å²) in [5, 5.41) is 3.24. The molecule has 7 heteroatoms. The molecule has 1 N–H and O–H groups in total. The van der Waals surface area contributed by atoms with Crippen molar-refractivity contribution < 1.29 is 13.2 Å². The van der Waals surface area contributed by atoms with Crippen LogP contribution in [0.5, 0.6) is 0 Å². The third-order valence-corrected chi connectivity index (χ3v) is 3.93. The second-order valence-electron chi connectivity index (χ2n) is 4.51. The maximum absolute atomic E-state index is 11.9. The second kappa shape index (κ2) is 6.24. The number of amides is 1. The number of hydrogen-bond donors (Lipinski definition) is 1. The summed E-state index contributed by atoms with van der Waals surface area (Å²) in [5.74, 6) is -0.216. The first-order valence-electron chi connectivity index (χ1n) is 6.05. The van der Waals surface area contributed by atoms with Gasteiger partial charge in [-0.1, -0.05) is 23.7 Å². The third kappa shape index (κ3) is 4.54. The van der Waals surface area contributed by atoms with Gasteiger partial charge in [0.05, 0.1) is 18.3 Å². The summed E-state index contributed by atoms with van der Waals surface area (Å²) in [6.07, 6.45) is 2.59. The van der Waals surface area contributed by atoms with E-state index in [9.17, 15) is 13.2 Å². The zero-order valence-electron chi connectivity index (χ0n) is 11.2. The fourth-order valence-corrected chi connectivity index (χ4v) is 2.35. The van der Waals surface area contributed by atoms with Crippen LogP contribution in [-0.4, -0.2) is 25.6 Å². The molecule has 2 aromatic rings. The highest BCUT2D eigenvalue weighted by atomic mass is 35.5. The van der Waals surface area contributed by atoms with Crippen molar-refractivity contribution in [2.45, 2.75) is 11.4 Å². The minimum Gasteiger partial charge on any atom is -0.324 e. The van der Waals surface area contributed by atoms with Gasteiger partial charge in [-0.25, -0.2) is 13.4 Å². The molecule has 110 valence electrons. The van der Waals surface area contributed by atoms with E-state index in [0.717, 1.165) is 11.8 Å². The van der Waals surface area contributed by atoms with Crippen LogP contribution in [0, 0.1) is 0 Å². The molecule has 0 radical (unpaired) electrons. The highest BCUT2D eigenvalue weighted by Crippen LogP contribution is 2.12. The van der Waals surface area contributed by atoms with Crippen LogP contribution < -0.4 is 5.32 Å². The summed E-state index contributed by atoms with van der Waals surface area (Å²) >= 11 is 5.77. The van der Waals surface area contributed by atoms with Crippen molar-refractivity contribution in [2.75, 3.05) is 11.6 Å². The molecule has 1 aromatic carbocycles. The quantitative estimate of drug-likeness (QED) is 0.936. The van der Waals surface area contributed by atoms with Crippen LogP contribution in [0.2, 0.25) is 5.02 Å². The maximum atomic E-state index is 11.9. The summed E-state index contributed by atoms with van der Waals surface area (Å²) < 4.78 is 22.5. The summed E-state index contributed by atoms with van der Waals surface area (Å²) in [6, 6.07) is 9.83. The number of halogens is 1. The molecular weight excluding hydrogens is 312 g/mol. The normalized spacial score (nSPS) is 11.1. The second-order valence-corrected chi connectivity index (χ2v) is 6.91. The van der Waals surface area contributed by atoms with E-state index in [2.05, 4.69) is 10.3 Å². The van der Waals surface area contributed by atoms with Crippen LogP contribution in [0.1, 0.15) is 5.56 Å². The molecule has 21 heavy (non-hydrogen) atoms. The fraction of sp³-hybridized carbons (Fsp3) is 0.143. The van der Waals surface area contributed by atoms with Crippen molar-refractivity contribution in [1.82, 2.24) is 4.98 Å². The summed E-state index contributed by atoms with van der Waals surface area (Å²) in [6.45, 7) is 0. The molecule has 0 atom stereocenters. The van der Waals surface area contributed by atoms with Gasteiger partial charge < -0.3 is 5.32 Å². The lowest BCUT2D eigenvalue weighted by Gasteiger charge is -2.06. The molecule has 0 saturated carbocycles. The highest BCUT2D eigenvalue weighted by Gasteiger charge is 2.09. The van der Waals surface area contributed by atoms with Crippen molar-refractivity contribution in [2.24, 2.45) is 0 Å². The van der Waals surface area contributed by atoms with Gasteiger partial charge >= 0.3 is 0 Å². The maximum Gasteiger partial charge on any atom is 0.228 e. The number of carbonyl (C=O) groups excluding carboxylic acids is 1. The SMILES string of the molecule is CS(=O)(=O)c1ccc(NC(=O)Cc2ccc(Cl)cc2)cn1. The van der Waals surface area contributed by atoms with Crippen molar-refractivity contribution in [3.8, 4) is 0 Å². The van der Waals surface area contributed by atoms with Crippen LogP contribution >= 0.6 is 11.6 Å². The first-order valence-corrected chi connectivity index (χ1v) is 8.32. The number of benzene rings is 1. The Balaban J connectivity index is 2.01. The zero-order chi connectivity index (χ0) is 15.5.